The fourth-order valence-corrected chi connectivity index (χ4v) is 4.19. The summed E-state index contributed by atoms with van der Waals surface area (Å²) in [5, 5.41) is 0. The van der Waals surface area contributed by atoms with Gasteiger partial charge in [0.05, 0.1) is 0 Å². The lowest BCUT2D eigenvalue weighted by Gasteiger charge is -2.19. The molecule has 0 spiro atoms. The highest BCUT2D eigenvalue weighted by atomic mass is 35.5. The molecule has 0 aliphatic heterocycles. The Bertz CT molecular complexity index is 527. The van der Waals surface area contributed by atoms with Crippen LogP contribution in [0.25, 0.3) is 0 Å². The second-order valence-electron chi connectivity index (χ2n) is 4.93. The summed E-state index contributed by atoms with van der Waals surface area (Å²) in [5.41, 5.74) is 5.66. The van der Waals surface area contributed by atoms with E-state index in [1.807, 2.05) is 0 Å². The maximum Gasteiger partial charge on any atom is 0.244 e. The Labute approximate surface area is 120 Å². The molecule has 1 aliphatic rings. The maximum atomic E-state index is 12.3. The molecule has 0 aromatic carbocycles. The molecule has 19 heavy (non-hydrogen) atoms. The minimum atomic E-state index is -3.50. The molecule has 0 bridgehead atoms. The average Bonchev–Trinajstić information content (AvgIpc) is 2.84. The molecule has 5 nitrogen and oxygen atoms in total. The van der Waals surface area contributed by atoms with Gasteiger partial charge in [-0.05, 0) is 45.2 Å². The van der Waals surface area contributed by atoms with Crippen molar-refractivity contribution < 1.29 is 12.8 Å². The number of hydrogen-bond donors (Lipinski definition) is 2. The Kier molecular flexibility index (Phi) is 5.43. The molecule has 1 aromatic heterocycles. The highest BCUT2D eigenvalue weighted by Gasteiger charge is 2.31. The first-order chi connectivity index (χ1) is 8.44. The molecule has 1 aromatic rings. The van der Waals surface area contributed by atoms with Crippen LogP contribution in [0.1, 0.15) is 30.8 Å². The van der Waals surface area contributed by atoms with Crippen molar-refractivity contribution in [1.82, 2.24) is 4.72 Å². The van der Waals surface area contributed by atoms with Crippen LogP contribution in [0.5, 0.6) is 0 Å². The Morgan fingerprint density at radius 3 is 2.63 bits per heavy atom. The summed E-state index contributed by atoms with van der Waals surface area (Å²) in [5.74, 6) is 1.28. The SMILES string of the molecule is Cc1cc(S(=O)(=O)NC2CCCC2CN)c(C)o1.Cl. The van der Waals surface area contributed by atoms with Crippen LogP contribution in [0.15, 0.2) is 15.4 Å². The maximum absolute atomic E-state index is 12.3. The molecule has 110 valence electrons. The van der Waals surface area contributed by atoms with E-state index in [0.717, 1.165) is 19.3 Å². The third-order valence-corrected chi connectivity index (χ3v) is 5.15. The molecule has 2 rings (SSSR count). The molecular formula is C12H21ClN2O3S. The molecule has 2 atom stereocenters. The molecule has 1 aliphatic carbocycles. The summed E-state index contributed by atoms with van der Waals surface area (Å²) in [6.45, 7) is 3.93. The Morgan fingerprint density at radius 1 is 1.42 bits per heavy atom. The molecule has 3 N–H and O–H groups in total. The van der Waals surface area contributed by atoms with E-state index in [2.05, 4.69) is 4.72 Å². The summed E-state index contributed by atoms with van der Waals surface area (Å²) in [7, 11) is -3.50. The highest BCUT2D eigenvalue weighted by molar-refractivity contribution is 7.89. The zero-order valence-corrected chi connectivity index (χ0v) is 12.8. The number of hydrogen-bond acceptors (Lipinski definition) is 4. The van der Waals surface area contributed by atoms with Gasteiger partial charge in [-0.15, -0.1) is 12.4 Å². The lowest BCUT2D eigenvalue weighted by atomic mass is 10.1. The molecule has 0 saturated heterocycles. The van der Waals surface area contributed by atoms with Crippen LogP contribution in [0.4, 0.5) is 0 Å². The second kappa shape index (κ2) is 6.26. The van der Waals surface area contributed by atoms with Crippen molar-refractivity contribution in [3.8, 4) is 0 Å². The van der Waals surface area contributed by atoms with Crippen LogP contribution in [0.3, 0.4) is 0 Å². The molecule has 1 fully saturated rings. The van der Waals surface area contributed by atoms with Crippen LogP contribution < -0.4 is 10.5 Å². The molecule has 1 heterocycles. The topological polar surface area (TPSA) is 85.3 Å². The number of sulfonamides is 1. The molecule has 0 amide bonds. The van der Waals surface area contributed by atoms with Gasteiger partial charge < -0.3 is 10.2 Å². The highest BCUT2D eigenvalue weighted by Crippen LogP contribution is 2.27. The minimum Gasteiger partial charge on any atom is -0.465 e. The molecule has 2 unspecified atom stereocenters. The van der Waals surface area contributed by atoms with E-state index < -0.39 is 10.0 Å². The number of aryl methyl sites for hydroxylation is 2. The zero-order chi connectivity index (χ0) is 13.3. The Hall–Kier alpha value is -0.560. The zero-order valence-electron chi connectivity index (χ0n) is 11.2. The van der Waals surface area contributed by atoms with Crippen molar-refractivity contribution in [2.24, 2.45) is 11.7 Å². The lowest BCUT2D eigenvalue weighted by molar-refractivity contribution is 0.451. The van der Waals surface area contributed by atoms with Crippen molar-refractivity contribution in [2.75, 3.05) is 6.54 Å². The van der Waals surface area contributed by atoms with Gasteiger partial charge in [0.15, 0.2) is 0 Å². The average molecular weight is 309 g/mol. The monoisotopic (exact) mass is 308 g/mol. The van der Waals surface area contributed by atoms with Crippen molar-refractivity contribution in [3.05, 3.63) is 17.6 Å². The number of furan rings is 1. The molecule has 1 saturated carbocycles. The van der Waals surface area contributed by atoms with Gasteiger partial charge in [0.1, 0.15) is 16.4 Å². The van der Waals surface area contributed by atoms with Crippen molar-refractivity contribution >= 4 is 22.4 Å². The molecular weight excluding hydrogens is 288 g/mol. The number of rotatable bonds is 4. The summed E-state index contributed by atoms with van der Waals surface area (Å²) in [6, 6.07) is 1.51. The Morgan fingerprint density at radius 2 is 2.11 bits per heavy atom. The number of halogens is 1. The summed E-state index contributed by atoms with van der Waals surface area (Å²) >= 11 is 0. The van der Waals surface area contributed by atoms with E-state index in [0.29, 0.717) is 18.1 Å². The molecule has 0 radical (unpaired) electrons. The van der Waals surface area contributed by atoms with E-state index in [1.165, 1.54) is 0 Å². The number of nitrogens with two attached hydrogens (primary N) is 1. The van der Waals surface area contributed by atoms with Gasteiger partial charge in [-0.1, -0.05) is 6.42 Å². The predicted molar refractivity (Wildman–Crippen MR) is 75.9 cm³/mol. The van der Waals surface area contributed by atoms with Crippen LogP contribution in [-0.2, 0) is 10.0 Å². The minimum absolute atomic E-state index is 0. The first-order valence-electron chi connectivity index (χ1n) is 6.23. The van der Waals surface area contributed by atoms with E-state index in [1.54, 1.807) is 19.9 Å². The Balaban J connectivity index is 0.00000180. The van der Waals surface area contributed by atoms with Crippen LogP contribution in [0.2, 0.25) is 0 Å². The van der Waals surface area contributed by atoms with Gasteiger partial charge in [0.25, 0.3) is 0 Å². The lowest BCUT2D eigenvalue weighted by Crippen LogP contribution is -2.39. The van der Waals surface area contributed by atoms with E-state index in [4.69, 9.17) is 10.2 Å². The first kappa shape index (κ1) is 16.5. The predicted octanol–water partition coefficient (Wildman–Crippen LogP) is 1.72. The van der Waals surface area contributed by atoms with Crippen LogP contribution in [0, 0.1) is 19.8 Å². The summed E-state index contributed by atoms with van der Waals surface area (Å²) in [4.78, 5) is 0.239. The van der Waals surface area contributed by atoms with Crippen LogP contribution in [-0.4, -0.2) is 21.0 Å². The van der Waals surface area contributed by atoms with Gasteiger partial charge in [0, 0.05) is 6.04 Å². The normalized spacial score (nSPS) is 23.3. The quantitative estimate of drug-likeness (QED) is 0.887. The van der Waals surface area contributed by atoms with Crippen molar-refractivity contribution in [1.29, 1.82) is 0 Å². The first-order valence-corrected chi connectivity index (χ1v) is 7.72. The van der Waals surface area contributed by atoms with Gasteiger partial charge in [0.2, 0.25) is 10.0 Å². The smallest absolute Gasteiger partial charge is 0.244 e. The van der Waals surface area contributed by atoms with Gasteiger partial charge in [-0.2, -0.15) is 0 Å². The van der Waals surface area contributed by atoms with E-state index in [-0.39, 0.29) is 29.3 Å². The third-order valence-electron chi connectivity index (χ3n) is 3.55. The third kappa shape index (κ3) is 3.51. The standard InChI is InChI=1S/C12H20N2O3S.ClH/c1-8-6-12(9(2)17-8)18(15,16)14-11-5-3-4-10(11)7-13;/h6,10-11,14H,3-5,7,13H2,1-2H3;1H. The summed E-state index contributed by atoms with van der Waals surface area (Å²) in [6.07, 6.45) is 2.88. The van der Waals surface area contributed by atoms with Crippen molar-refractivity contribution in [2.45, 2.75) is 44.0 Å². The van der Waals surface area contributed by atoms with Gasteiger partial charge in [-0.25, -0.2) is 13.1 Å². The summed E-state index contributed by atoms with van der Waals surface area (Å²) < 4.78 is 32.6. The van der Waals surface area contributed by atoms with E-state index in [9.17, 15) is 8.42 Å². The molecule has 7 heteroatoms. The van der Waals surface area contributed by atoms with Crippen molar-refractivity contribution in [3.63, 3.8) is 0 Å². The van der Waals surface area contributed by atoms with Gasteiger partial charge >= 0.3 is 0 Å². The fraction of sp³-hybridized carbons (Fsp3) is 0.667. The van der Waals surface area contributed by atoms with Crippen LogP contribution >= 0.6 is 12.4 Å². The fourth-order valence-electron chi connectivity index (χ4n) is 2.61. The number of nitrogens with one attached hydrogen (secondary N) is 1. The second-order valence-corrected chi connectivity index (χ2v) is 6.61. The van der Waals surface area contributed by atoms with E-state index >= 15 is 0 Å². The largest absolute Gasteiger partial charge is 0.465 e. The van der Waals surface area contributed by atoms with Gasteiger partial charge in [-0.3, -0.25) is 0 Å².